The summed E-state index contributed by atoms with van der Waals surface area (Å²) in [6.07, 6.45) is 4.85. The first-order valence-corrected chi connectivity index (χ1v) is 6.95. The summed E-state index contributed by atoms with van der Waals surface area (Å²) >= 11 is 0. The molecule has 0 aromatic carbocycles. The van der Waals surface area contributed by atoms with Crippen molar-refractivity contribution in [3.63, 3.8) is 0 Å². The maximum absolute atomic E-state index is 11.7. The molecule has 0 fully saturated rings. The van der Waals surface area contributed by atoms with E-state index in [-0.39, 0.29) is 19.1 Å². The highest BCUT2D eigenvalue weighted by Crippen LogP contribution is 2.06. The number of carboxylic acids is 1. The Kier molecular flexibility index (Phi) is 9.88. The maximum Gasteiger partial charge on any atom is 0.326 e. The molecular formula is C13H26N2O4. The molecule has 1 unspecified atom stereocenters. The average Bonchev–Trinajstić information content (AvgIpc) is 2.35. The van der Waals surface area contributed by atoms with Gasteiger partial charge in [0.25, 0.3) is 0 Å². The largest absolute Gasteiger partial charge is 0.480 e. The molecule has 0 saturated carbocycles. The van der Waals surface area contributed by atoms with Crippen molar-refractivity contribution in [3.05, 3.63) is 0 Å². The lowest BCUT2D eigenvalue weighted by Crippen LogP contribution is -2.49. The SMILES string of the molecule is CCCCC(CCC)NC(=O)N[C@H](CCO)C(=O)O. The zero-order valence-electron chi connectivity index (χ0n) is 11.8. The number of amides is 2. The second-order valence-electron chi connectivity index (χ2n) is 4.65. The summed E-state index contributed by atoms with van der Waals surface area (Å²) in [5.74, 6) is -1.13. The van der Waals surface area contributed by atoms with Crippen LogP contribution in [0.4, 0.5) is 4.79 Å². The first-order valence-electron chi connectivity index (χ1n) is 6.95. The Bertz CT molecular complexity index is 271. The van der Waals surface area contributed by atoms with Crippen molar-refractivity contribution < 1.29 is 19.8 Å². The molecule has 0 aromatic heterocycles. The molecule has 112 valence electrons. The number of carbonyl (C=O) groups is 2. The Balaban J connectivity index is 4.25. The fourth-order valence-corrected chi connectivity index (χ4v) is 1.86. The number of hydrogen-bond donors (Lipinski definition) is 4. The number of carboxylic acid groups (broad SMARTS) is 1. The first kappa shape index (κ1) is 17.7. The molecule has 0 aliphatic carbocycles. The Morgan fingerprint density at radius 3 is 2.21 bits per heavy atom. The Morgan fingerprint density at radius 2 is 1.74 bits per heavy atom. The molecule has 0 heterocycles. The zero-order valence-corrected chi connectivity index (χ0v) is 11.8. The summed E-state index contributed by atoms with van der Waals surface area (Å²) in [5.41, 5.74) is 0. The van der Waals surface area contributed by atoms with Gasteiger partial charge in [0.2, 0.25) is 0 Å². The van der Waals surface area contributed by atoms with E-state index in [1.807, 2.05) is 6.92 Å². The van der Waals surface area contributed by atoms with Gasteiger partial charge in [-0.25, -0.2) is 9.59 Å². The molecule has 0 saturated heterocycles. The van der Waals surface area contributed by atoms with E-state index in [4.69, 9.17) is 10.2 Å². The predicted molar refractivity (Wildman–Crippen MR) is 73.0 cm³/mol. The molecule has 2 atom stereocenters. The van der Waals surface area contributed by atoms with Crippen molar-refractivity contribution >= 4 is 12.0 Å². The van der Waals surface area contributed by atoms with Crippen LogP contribution in [0.5, 0.6) is 0 Å². The molecule has 4 N–H and O–H groups in total. The first-order chi connectivity index (χ1) is 9.04. The van der Waals surface area contributed by atoms with E-state index < -0.39 is 18.0 Å². The lowest BCUT2D eigenvalue weighted by atomic mass is 10.1. The lowest BCUT2D eigenvalue weighted by molar-refractivity contribution is -0.139. The minimum absolute atomic E-state index is 0.0101. The minimum atomic E-state index is -1.13. The topological polar surface area (TPSA) is 98.7 Å². The number of urea groups is 1. The molecule has 19 heavy (non-hydrogen) atoms. The van der Waals surface area contributed by atoms with Crippen LogP contribution in [0.25, 0.3) is 0 Å². The molecule has 0 aliphatic rings. The van der Waals surface area contributed by atoms with Crippen molar-refractivity contribution in [2.75, 3.05) is 6.61 Å². The second-order valence-corrected chi connectivity index (χ2v) is 4.65. The van der Waals surface area contributed by atoms with Crippen LogP contribution in [0, 0.1) is 0 Å². The van der Waals surface area contributed by atoms with Crippen LogP contribution in [0.3, 0.4) is 0 Å². The molecule has 2 amide bonds. The van der Waals surface area contributed by atoms with Gasteiger partial charge in [-0.2, -0.15) is 0 Å². The van der Waals surface area contributed by atoms with Gasteiger partial charge in [-0.3, -0.25) is 0 Å². The van der Waals surface area contributed by atoms with E-state index in [9.17, 15) is 9.59 Å². The molecule has 0 spiro atoms. The fourth-order valence-electron chi connectivity index (χ4n) is 1.86. The fraction of sp³-hybridized carbons (Fsp3) is 0.846. The van der Waals surface area contributed by atoms with Crippen LogP contribution in [0.2, 0.25) is 0 Å². The third-order valence-corrected chi connectivity index (χ3v) is 2.90. The van der Waals surface area contributed by atoms with Crippen molar-refractivity contribution in [1.82, 2.24) is 10.6 Å². The number of carbonyl (C=O) groups excluding carboxylic acids is 1. The summed E-state index contributed by atoms with van der Waals surface area (Å²) < 4.78 is 0. The highest BCUT2D eigenvalue weighted by atomic mass is 16.4. The molecule has 0 bridgehead atoms. The van der Waals surface area contributed by atoms with Gasteiger partial charge in [0.05, 0.1) is 0 Å². The van der Waals surface area contributed by atoms with Gasteiger partial charge in [0.15, 0.2) is 0 Å². The van der Waals surface area contributed by atoms with Crippen LogP contribution < -0.4 is 10.6 Å². The van der Waals surface area contributed by atoms with E-state index in [1.54, 1.807) is 0 Å². The molecular weight excluding hydrogens is 248 g/mol. The second kappa shape index (κ2) is 10.6. The van der Waals surface area contributed by atoms with Crippen molar-refractivity contribution in [3.8, 4) is 0 Å². The smallest absolute Gasteiger partial charge is 0.326 e. The summed E-state index contributed by atoms with van der Waals surface area (Å²) in [7, 11) is 0. The van der Waals surface area contributed by atoms with E-state index in [0.29, 0.717) is 0 Å². The summed E-state index contributed by atoms with van der Waals surface area (Å²) in [4.78, 5) is 22.6. The van der Waals surface area contributed by atoms with E-state index in [2.05, 4.69) is 17.6 Å². The van der Waals surface area contributed by atoms with Crippen molar-refractivity contribution in [2.45, 2.75) is 64.5 Å². The monoisotopic (exact) mass is 274 g/mol. The van der Waals surface area contributed by atoms with Crippen molar-refractivity contribution in [1.29, 1.82) is 0 Å². The van der Waals surface area contributed by atoms with Gasteiger partial charge in [-0.15, -0.1) is 0 Å². The standard InChI is InChI=1S/C13H26N2O4/c1-3-5-7-10(6-4-2)14-13(19)15-11(8-9-16)12(17)18/h10-11,16H,3-9H2,1-2H3,(H,17,18)(H2,14,15,19)/t10?,11-/m1/s1. The van der Waals surface area contributed by atoms with Gasteiger partial charge >= 0.3 is 12.0 Å². The Labute approximate surface area is 114 Å². The van der Waals surface area contributed by atoms with Gasteiger partial charge in [0.1, 0.15) is 6.04 Å². The zero-order chi connectivity index (χ0) is 14.7. The number of aliphatic hydroxyl groups excluding tert-OH is 1. The number of unbranched alkanes of at least 4 members (excludes halogenated alkanes) is 1. The molecule has 6 nitrogen and oxygen atoms in total. The van der Waals surface area contributed by atoms with Gasteiger partial charge < -0.3 is 20.8 Å². The van der Waals surface area contributed by atoms with Crippen LogP contribution in [0.1, 0.15) is 52.4 Å². The van der Waals surface area contributed by atoms with Gasteiger partial charge in [-0.05, 0) is 12.8 Å². The number of hydrogen-bond acceptors (Lipinski definition) is 3. The molecule has 0 aromatic rings. The molecule has 0 aliphatic heterocycles. The minimum Gasteiger partial charge on any atom is -0.480 e. The van der Waals surface area contributed by atoms with Crippen LogP contribution >= 0.6 is 0 Å². The lowest BCUT2D eigenvalue weighted by Gasteiger charge is -2.20. The van der Waals surface area contributed by atoms with Gasteiger partial charge in [-0.1, -0.05) is 33.1 Å². The molecule has 6 heteroatoms. The summed E-state index contributed by atoms with van der Waals surface area (Å²) in [5, 5.41) is 22.8. The van der Waals surface area contributed by atoms with Crippen molar-refractivity contribution in [2.24, 2.45) is 0 Å². The highest BCUT2D eigenvalue weighted by molar-refractivity contribution is 5.82. The normalized spacial score (nSPS) is 13.6. The number of aliphatic carboxylic acids is 1. The Hall–Kier alpha value is -1.30. The van der Waals surface area contributed by atoms with E-state index in [0.717, 1.165) is 32.1 Å². The van der Waals surface area contributed by atoms with Crippen LogP contribution in [-0.4, -0.2) is 40.9 Å². The Morgan fingerprint density at radius 1 is 1.05 bits per heavy atom. The summed E-state index contributed by atoms with van der Waals surface area (Å²) in [6.45, 7) is 3.86. The molecule has 0 rings (SSSR count). The van der Waals surface area contributed by atoms with E-state index >= 15 is 0 Å². The predicted octanol–water partition coefficient (Wildman–Crippen LogP) is 1.48. The highest BCUT2D eigenvalue weighted by Gasteiger charge is 2.20. The molecule has 0 radical (unpaired) electrons. The summed E-state index contributed by atoms with van der Waals surface area (Å²) in [6, 6.07) is -1.44. The number of aliphatic hydroxyl groups is 1. The number of rotatable bonds is 10. The third kappa shape index (κ3) is 8.42. The maximum atomic E-state index is 11.7. The van der Waals surface area contributed by atoms with Crippen LogP contribution in [0.15, 0.2) is 0 Å². The average molecular weight is 274 g/mol. The quantitative estimate of drug-likeness (QED) is 0.485. The third-order valence-electron chi connectivity index (χ3n) is 2.90. The number of nitrogens with one attached hydrogen (secondary N) is 2. The van der Waals surface area contributed by atoms with Gasteiger partial charge in [0, 0.05) is 19.1 Å². The van der Waals surface area contributed by atoms with E-state index in [1.165, 1.54) is 0 Å². The van der Waals surface area contributed by atoms with Crippen LogP contribution in [-0.2, 0) is 4.79 Å².